The van der Waals surface area contributed by atoms with Gasteiger partial charge in [0.15, 0.2) is 0 Å². The Morgan fingerprint density at radius 1 is 0.913 bits per heavy atom. The van der Waals surface area contributed by atoms with Gasteiger partial charge in [-0.2, -0.15) is 0 Å². The summed E-state index contributed by atoms with van der Waals surface area (Å²) >= 11 is 0. The maximum absolute atomic E-state index is 10.6. The van der Waals surface area contributed by atoms with Crippen LogP contribution in [0.1, 0.15) is 27.7 Å². The molecule has 3 heteroatoms. The van der Waals surface area contributed by atoms with Gasteiger partial charge >= 0.3 is 0 Å². The second kappa shape index (κ2) is 9.36. The molecule has 0 saturated carbocycles. The Morgan fingerprint density at radius 2 is 1.52 bits per heavy atom. The van der Waals surface area contributed by atoms with E-state index in [1.54, 1.807) is 32.1 Å². The minimum Gasteiger partial charge on any atom is -0.457 e. The van der Waals surface area contributed by atoms with Crippen molar-refractivity contribution >= 4 is 12.6 Å². The topological polar surface area (TPSA) is 43.4 Å². The number of aldehydes is 2. The molecule has 0 spiro atoms. The van der Waals surface area contributed by atoms with Crippen molar-refractivity contribution in [3.05, 3.63) is 82.4 Å². The predicted molar refractivity (Wildman–Crippen MR) is 93.5 cm³/mol. The van der Waals surface area contributed by atoms with Gasteiger partial charge in [-0.25, -0.2) is 0 Å². The number of hydrogen-bond donors (Lipinski definition) is 0. The van der Waals surface area contributed by atoms with Crippen LogP contribution in [0.2, 0.25) is 0 Å². The maximum atomic E-state index is 10.6. The molecule has 0 fully saturated rings. The summed E-state index contributed by atoms with van der Waals surface area (Å²) in [5.74, 6) is 1.45. The molecule has 23 heavy (non-hydrogen) atoms. The molecule has 3 nitrogen and oxygen atoms in total. The van der Waals surface area contributed by atoms with Gasteiger partial charge in [0.2, 0.25) is 0 Å². The van der Waals surface area contributed by atoms with Crippen molar-refractivity contribution in [2.75, 3.05) is 0 Å². The maximum Gasteiger partial charge on any atom is 0.145 e. The molecule has 0 bridgehead atoms. The molecule has 0 radical (unpaired) electrons. The third-order valence-electron chi connectivity index (χ3n) is 3.04. The Hall–Kier alpha value is -2.68. The van der Waals surface area contributed by atoms with E-state index in [0.29, 0.717) is 16.9 Å². The van der Waals surface area contributed by atoms with Gasteiger partial charge in [-0.1, -0.05) is 30.4 Å². The number of hydrogen-bond acceptors (Lipinski definition) is 3. The van der Waals surface area contributed by atoms with Crippen molar-refractivity contribution in [3.63, 3.8) is 0 Å². The zero-order chi connectivity index (χ0) is 17.2. The molecule has 0 unspecified atom stereocenters. The Labute approximate surface area is 137 Å². The highest BCUT2D eigenvalue weighted by atomic mass is 16.5. The van der Waals surface area contributed by atoms with Gasteiger partial charge in [0.05, 0.1) is 0 Å². The van der Waals surface area contributed by atoms with Crippen LogP contribution in [0.15, 0.2) is 82.4 Å². The fourth-order valence-electron chi connectivity index (χ4n) is 1.72. The van der Waals surface area contributed by atoms with Gasteiger partial charge in [-0.05, 0) is 68.2 Å². The Morgan fingerprint density at radius 3 is 2.17 bits per heavy atom. The summed E-state index contributed by atoms with van der Waals surface area (Å²) in [6, 6.07) is 0. The SMILES string of the molecule is CC1=C/C(=C\C=C(/C)C=O)OC(/C(C)=C/C=C/C=C(\C)C=O)=C1. The van der Waals surface area contributed by atoms with Crippen molar-refractivity contribution in [2.24, 2.45) is 0 Å². The van der Waals surface area contributed by atoms with Gasteiger partial charge in [0.1, 0.15) is 24.1 Å². The van der Waals surface area contributed by atoms with Crippen LogP contribution < -0.4 is 0 Å². The molecule has 0 aromatic rings. The quantitative estimate of drug-likeness (QED) is 0.411. The Balaban J connectivity index is 2.90. The summed E-state index contributed by atoms with van der Waals surface area (Å²) in [5, 5.41) is 0. The minimum atomic E-state index is 0.635. The molecule has 0 atom stereocenters. The number of allylic oxidation sites excluding steroid dienone is 12. The minimum absolute atomic E-state index is 0.635. The molecule has 0 aliphatic carbocycles. The average molecular weight is 310 g/mol. The first-order chi connectivity index (χ1) is 11.0. The lowest BCUT2D eigenvalue weighted by atomic mass is 10.1. The highest BCUT2D eigenvalue weighted by molar-refractivity contribution is 5.73. The molecule has 1 rings (SSSR count). The Bertz CT molecular complexity index is 678. The van der Waals surface area contributed by atoms with Gasteiger partial charge in [0.25, 0.3) is 0 Å². The van der Waals surface area contributed by atoms with E-state index >= 15 is 0 Å². The van der Waals surface area contributed by atoms with Crippen LogP contribution in [0.4, 0.5) is 0 Å². The van der Waals surface area contributed by atoms with E-state index in [1.165, 1.54) is 0 Å². The van der Waals surface area contributed by atoms with E-state index in [9.17, 15) is 9.59 Å². The molecule has 0 saturated heterocycles. The molecular formula is C20H22O3. The highest BCUT2D eigenvalue weighted by Gasteiger charge is 2.09. The first-order valence-corrected chi connectivity index (χ1v) is 7.35. The summed E-state index contributed by atoms with van der Waals surface area (Å²) in [6.45, 7) is 7.44. The summed E-state index contributed by atoms with van der Waals surface area (Å²) in [7, 11) is 0. The third kappa shape index (κ3) is 6.74. The molecule has 0 amide bonds. The smallest absolute Gasteiger partial charge is 0.145 e. The Kier molecular flexibility index (Phi) is 7.48. The fraction of sp³-hybridized carbons (Fsp3) is 0.200. The normalized spacial score (nSPS) is 18.6. The molecular weight excluding hydrogens is 288 g/mol. The van der Waals surface area contributed by atoms with E-state index in [0.717, 1.165) is 29.5 Å². The van der Waals surface area contributed by atoms with Gasteiger partial charge in [0, 0.05) is 0 Å². The van der Waals surface area contributed by atoms with Crippen LogP contribution in [0.3, 0.4) is 0 Å². The van der Waals surface area contributed by atoms with Crippen molar-refractivity contribution < 1.29 is 14.3 Å². The van der Waals surface area contributed by atoms with E-state index < -0.39 is 0 Å². The number of rotatable bonds is 6. The highest BCUT2D eigenvalue weighted by Crippen LogP contribution is 2.24. The van der Waals surface area contributed by atoms with Gasteiger partial charge < -0.3 is 4.74 Å². The van der Waals surface area contributed by atoms with Crippen molar-refractivity contribution in [1.29, 1.82) is 0 Å². The summed E-state index contributed by atoms with van der Waals surface area (Å²) in [5.41, 5.74) is 3.34. The first kappa shape index (κ1) is 18.4. The standard InChI is InChI=1S/C20H22O3/c1-15(13-21)7-5-6-8-18(4)20-12-17(3)11-19(23-20)10-9-16(2)14-22/h5-14H,1-4H3/b6-5+,15-7+,16-9+,18-8+,19-10+. The lowest BCUT2D eigenvalue weighted by Crippen LogP contribution is -1.99. The number of carbonyl (C=O) groups is 2. The fourth-order valence-corrected chi connectivity index (χ4v) is 1.72. The molecule has 120 valence electrons. The first-order valence-electron chi connectivity index (χ1n) is 7.35. The van der Waals surface area contributed by atoms with Crippen LogP contribution in [-0.4, -0.2) is 12.6 Å². The van der Waals surface area contributed by atoms with Gasteiger partial charge in [-0.3, -0.25) is 9.59 Å². The third-order valence-corrected chi connectivity index (χ3v) is 3.04. The van der Waals surface area contributed by atoms with E-state index in [4.69, 9.17) is 4.74 Å². The van der Waals surface area contributed by atoms with E-state index in [-0.39, 0.29) is 0 Å². The molecule has 0 aromatic heterocycles. The lowest BCUT2D eigenvalue weighted by Gasteiger charge is -2.16. The van der Waals surface area contributed by atoms with Crippen molar-refractivity contribution in [3.8, 4) is 0 Å². The van der Waals surface area contributed by atoms with Crippen molar-refractivity contribution in [1.82, 2.24) is 0 Å². The molecule has 0 N–H and O–H groups in total. The van der Waals surface area contributed by atoms with Crippen LogP contribution in [0.25, 0.3) is 0 Å². The largest absolute Gasteiger partial charge is 0.457 e. The number of ether oxygens (including phenoxy) is 1. The molecule has 0 aromatic carbocycles. The van der Waals surface area contributed by atoms with Crippen LogP contribution >= 0.6 is 0 Å². The molecule has 1 heterocycles. The van der Waals surface area contributed by atoms with Crippen LogP contribution in [0.5, 0.6) is 0 Å². The zero-order valence-corrected chi connectivity index (χ0v) is 14.0. The lowest BCUT2D eigenvalue weighted by molar-refractivity contribution is -0.105. The van der Waals surface area contributed by atoms with E-state index in [2.05, 4.69) is 0 Å². The zero-order valence-electron chi connectivity index (χ0n) is 14.0. The monoisotopic (exact) mass is 310 g/mol. The average Bonchev–Trinajstić information content (AvgIpc) is 2.55. The van der Waals surface area contributed by atoms with Crippen molar-refractivity contribution in [2.45, 2.75) is 27.7 Å². The van der Waals surface area contributed by atoms with Gasteiger partial charge in [-0.15, -0.1) is 0 Å². The summed E-state index contributed by atoms with van der Waals surface area (Å²) in [6.07, 6.45) is 16.3. The van der Waals surface area contributed by atoms with Crippen LogP contribution in [-0.2, 0) is 14.3 Å². The predicted octanol–water partition coefficient (Wildman–Crippen LogP) is 4.52. The second-order valence-corrected chi connectivity index (χ2v) is 5.36. The molecule has 1 aliphatic rings. The van der Waals surface area contributed by atoms with E-state index in [1.807, 2.05) is 44.2 Å². The van der Waals surface area contributed by atoms with Crippen LogP contribution in [0, 0.1) is 0 Å². The summed E-state index contributed by atoms with van der Waals surface area (Å²) in [4.78, 5) is 21.1. The second-order valence-electron chi connectivity index (χ2n) is 5.36. The summed E-state index contributed by atoms with van der Waals surface area (Å²) < 4.78 is 5.82. The number of carbonyl (C=O) groups excluding carboxylic acids is 2. The molecule has 1 aliphatic heterocycles.